The molecule has 9 heteroatoms. The van der Waals surface area contributed by atoms with Gasteiger partial charge in [-0.2, -0.15) is 0 Å². The van der Waals surface area contributed by atoms with Crippen LogP contribution in [0.3, 0.4) is 0 Å². The summed E-state index contributed by atoms with van der Waals surface area (Å²) in [5, 5.41) is 5.79. The lowest BCUT2D eigenvalue weighted by molar-refractivity contribution is -0.123. The minimum atomic E-state index is -0.396. The summed E-state index contributed by atoms with van der Waals surface area (Å²) < 4.78 is 10.8. The molecule has 3 rings (SSSR count). The zero-order valence-corrected chi connectivity index (χ0v) is 16.5. The number of rotatable bonds is 7. The Morgan fingerprint density at radius 1 is 1.21 bits per heavy atom. The Hall–Kier alpha value is -3.26. The second-order valence-corrected chi connectivity index (χ2v) is 6.64. The van der Waals surface area contributed by atoms with Crippen LogP contribution in [0.1, 0.15) is 6.92 Å². The summed E-state index contributed by atoms with van der Waals surface area (Å²) >= 11 is 6.01. The first kappa shape index (κ1) is 20.5. The molecule has 8 nitrogen and oxygen atoms in total. The summed E-state index contributed by atoms with van der Waals surface area (Å²) in [7, 11) is 0. The fourth-order valence-electron chi connectivity index (χ4n) is 2.75. The lowest BCUT2D eigenvalue weighted by Crippen LogP contribution is -2.43. The Morgan fingerprint density at radius 2 is 2.03 bits per heavy atom. The average Bonchev–Trinajstić information content (AvgIpc) is 2.69. The molecule has 0 spiro atoms. The number of likely N-dealkylation sites (N-methyl/N-ethyl adjacent to an activating group) is 1. The van der Waals surface area contributed by atoms with Crippen LogP contribution >= 0.6 is 11.6 Å². The highest BCUT2D eigenvalue weighted by atomic mass is 35.5. The van der Waals surface area contributed by atoms with Crippen molar-refractivity contribution in [1.82, 2.24) is 5.32 Å². The molecule has 0 radical (unpaired) electrons. The maximum absolute atomic E-state index is 12.5. The molecule has 0 aromatic heterocycles. The topological polar surface area (TPSA) is 97.0 Å². The maximum Gasteiger partial charge on any atom is 0.265 e. The Kier molecular flexibility index (Phi) is 6.56. The predicted octanol–water partition coefficient (Wildman–Crippen LogP) is 2.22. The zero-order valence-electron chi connectivity index (χ0n) is 15.7. The van der Waals surface area contributed by atoms with Gasteiger partial charge in [0, 0.05) is 23.3 Å². The van der Waals surface area contributed by atoms with Gasteiger partial charge in [0.2, 0.25) is 5.91 Å². The van der Waals surface area contributed by atoms with Crippen LogP contribution in [0.5, 0.6) is 11.5 Å². The van der Waals surface area contributed by atoms with Gasteiger partial charge in [0.1, 0.15) is 18.0 Å². The number of amides is 3. The van der Waals surface area contributed by atoms with Crippen LogP contribution in [-0.4, -0.2) is 44.0 Å². The van der Waals surface area contributed by atoms with Crippen molar-refractivity contribution in [1.29, 1.82) is 0 Å². The van der Waals surface area contributed by atoms with E-state index in [1.54, 1.807) is 42.5 Å². The second kappa shape index (κ2) is 9.29. The summed E-state index contributed by atoms with van der Waals surface area (Å²) in [6.45, 7) is 1.88. The van der Waals surface area contributed by atoms with Crippen LogP contribution in [0.25, 0.3) is 0 Å². The van der Waals surface area contributed by atoms with Gasteiger partial charge in [-0.15, -0.1) is 0 Å². The first-order valence-electron chi connectivity index (χ1n) is 8.98. The molecule has 0 saturated heterocycles. The number of nitrogens with zero attached hydrogens (tertiary/aromatic N) is 1. The number of nitrogens with one attached hydrogen (secondary N) is 2. The number of hydrogen-bond acceptors (Lipinski definition) is 5. The van der Waals surface area contributed by atoms with Crippen molar-refractivity contribution in [3.05, 3.63) is 47.5 Å². The van der Waals surface area contributed by atoms with Gasteiger partial charge < -0.3 is 20.1 Å². The standard InChI is InChI=1S/C20H20ClN3O5/c1-2-22-19(26)11-28-15-5-3-4-14(9-15)23-18(25)10-24-16-8-13(21)6-7-17(16)29-12-20(24)27/h3-9H,2,10-12H2,1H3,(H,22,26)(H,23,25). The summed E-state index contributed by atoms with van der Waals surface area (Å²) in [5.74, 6) is -0.0396. The summed E-state index contributed by atoms with van der Waals surface area (Å²) in [6, 6.07) is 11.5. The highest BCUT2D eigenvalue weighted by Crippen LogP contribution is 2.34. The number of carbonyl (C=O) groups is 3. The third-order valence-electron chi connectivity index (χ3n) is 4.03. The quantitative estimate of drug-likeness (QED) is 0.720. The van der Waals surface area contributed by atoms with Gasteiger partial charge in [0.25, 0.3) is 11.8 Å². The molecule has 3 amide bonds. The van der Waals surface area contributed by atoms with Crippen molar-refractivity contribution < 1.29 is 23.9 Å². The SMILES string of the molecule is CCNC(=O)COc1cccc(NC(=O)CN2C(=O)COc3ccc(Cl)cc32)c1. The molecule has 1 aliphatic heterocycles. The van der Waals surface area contributed by atoms with Crippen molar-refractivity contribution in [3.63, 3.8) is 0 Å². The van der Waals surface area contributed by atoms with Crippen molar-refractivity contribution in [2.75, 3.05) is 36.5 Å². The molecule has 2 N–H and O–H groups in total. The number of ether oxygens (including phenoxy) is 2. The monoisotopic (exact) mass is 417 g/mol. The molecule has 0 fully saturated rings. The third-order valence-corrected chi connectivity index (χ3v) is 4.26. The second-order valence-electron chi connectivity index (χ2n) is 6.20. The molecule has 1 heterocycles. The number of benzene rings is 2. The van der Waals surface area contributed by atoms with E-state index >= 15 is 0 Å². The minimum Gasteiger partial charge on any atom is -0.484 e. The largest absolute Gasteiger partial charge is 0.484 e. The van der Waals surface area contributed by atoms with Gasteiger partial charge in [-0.3, -0.25) is 19.3 Å². The van der Waals surface area contributed by atoms with E-state index in [2.05, 4.69) is 10.6 Å². The van der Waals surface area contributed by atoms with Crippen molar-refractivity contribution >= 4 is 40.7 Å². The molecule has 0 aliphatic carbocycles. The Morgan fingerprint density at radius 3 is 2.83 bits per heavy atom. The fourth-order valence-corrected chi connectivity index (χ4v) is 2.92. The summed E-state index contributed by atoms with van der Waals surface area (Å²) in [5.41, 5.74) is 0.929. The average molecular weight is 418 g/mol. The van der Waals surface area contributed by atoms with Crippen molar-refractivity contribution in [3.8, 4) is 11.5 Å². The highest BCUT2D eigenvalue weighted by molar-refractivity contribution is 6.31. The maximum atomic E-state index is 12.5. The fraction of sp³-hybridized carbons (Fsp3) is 0.250. The number of fused-ring (bicyclic) bond motifs is 1. The van der Waals surface area contributed by atoms with Crippen LogP contribution < -0.4 is 25.0 Å². The van der Waals surface area contributed by atoms with E-state index in [9.17, 15) is 14.4 Å². The third kappa shape index (κ3) is 5.39. The number of anilines is 2. The summed E-state index contributed by atoms with van der Waals surface area (Å²) in [6.07, 6.45) is 0. The Bertz CT molecular complexity index is 934. The number of hydrogen-bond donors (Lipinski definition) is 2. The van der Waals surface area contributed by atoms with Crippen molar-refractivity contribution in [2.45, 2.75) is 6.92 Å². The number of halogens is 1. The molecule has 0 saturated carbocycles. The molecular formula is C20H20ClN3O5. The lowest BCUT2D eigenvalue weighted by atomic mass is 10.2. The van der Waals surface area contributed by atoms with Crippen LogP contribution in [0.15, 0.2) is 42.5 Å². The van der Waals surface area contributed by atoms with E-state index in [1.165, 1.54) is 4.90 Å². The van der Waals surface area contributed by atoms with Gasteiger partial charge in [-0.1, -0.05) is 17.7 Å². The first-order chi connectivity index (χ1) is 14.0. The molecule has 2 aromatic rings. The lowest BCUT2D eigenvalue weighted by Gasteiger charge is -2.29. The Labute approximate surface area is 172 Å². The highest BCUT2D eigenvalue weighted by Gasteiger charge is 2.27. The van der Waals surface area contributed by atoms with Gasteiger partial charge in [-0.05, 0) is 37.3 Å². The van der Waals surface area contributed by atoms with Crippen LogP contribution in [0.2, 0.25) is 5.02 Å². The molecular weight excluding hydrogens is 398 g/mol. The van der Waals surface area contributed by atoms with Crippen LogP contribution in [0, 0.1) is 0 Å². The van der Waals surface area contributed by atoms with E-state index < -0.39 is 5.91 Å². The van der Waals surface area contributed by atoms with Crippen LogP contribution in [0.4, 0.5) is 11.4 Å². The molecule has 2 aromatic carbocycles. The van der Waals surface area contributed by atoms with E-state index in [4.69, 9.17) is 21.1 Å². The Balaban J connectivity index is 1.64. The van der Waals surface area contributed by atoms with Gasteiger partial charge in [0.05, 0.1) is 5.69 Å². The predicted molar refractivity (Wildman–Crippen MR) is 109 cm³/mol. The van der Waals surface area contributed by atoms with Gasteiger partial charge in [0.15, 0.2) is 13.2 Å². The molecule has 0 atom stereocenters. The molecule has 152 valence electrons. The molecule has 0 bridgehead atoms. The molecule has 29 heavy (non-hydrogen) atoms. The smallest absolute Gasteiger partial charge is 0.265 e. The zero-order chi connectivity index (χ0) is 20.8. The summed E-state index contributed by atoms with van der Waals surface area (Å²) in [4.78, 5) is 37.6. The first-order valence-corrected chi connectivity index (χ1v) is 9.36. The number of carbonyl (C=O) groups excluding carboxylic acids is 3. The van der Waals surface area contributed by atoms with Gasteiger partial charge >= 0.3 is 0 Å². The van der Waals surface area contributed by atoms with E-state index in [-0.39, 0.29) is 31.6 Å². The normalized spacial score (nSPS) is 12.6. The van der Waals surface area contributed by atoms with E-state index in [0.717, 1.165) is 0 Å². The molecule has 1 aliphatic rings. The van der Waals surface area contributed by atoms with Crippen molar-refractivity contribution in [2.24, 2.45) is 0 Å². The van der Waals surface area contributed by atoms with E-state index in [1.807, 2.05) is 6.92 Å². The molecule has 0 unspecified atom stereocenters. The van der Waals surface area contributed by atoms with E-state index in [0.29, 0.717) is 34.4 Å². The van der Waals surface area contributed by atoms with Crippen LogP contribution in [-0.2, 0) is 14.4 Å². The van der Waals surface area contributed by atoms with Gasteiger partial charge in [-0.25, -0.2) is 0 Å². The minimum absolute atomic E-state index is 0.120.